The van der Waals surface area contributed by atoms with E-state index in [-0.39, 0.29) is 11.5 Å². The van der Waals surface area contributed by atoms with E-state index in [9.17, 15) is 9.59 Å². The zero-order chi connectivity index (χ0) is 14.8. The van der Waals surface area contributed by atoms with Gasteiger partial charge in [-0.1, -0.05) is 13.8 Å². The van der Waals surface area contributed by atoms with Gasteiger partial charge in [0.05, 0.1) is 5.69 Å². The first-order chi connectivity index (χ1) is 9.25. The molecule has 1 aromatic heterocycles. The van der Waals surface area contributed by atoms with Crippen LogP contribution < -0.4 is 5.56 Å². The number of hydrogen-bond acceptors (Lipinski definition) is 3. The lowest BCUT2D eigenvalue weighted by Crippen LogP contribution is -2.39. The molecule has 2 heterocycles. The highest BCUT2D eigenvalue weighted by Crippen LogP contribution is 2.62. The molecule has 0 N–H and O–H groups in total. The van der Waals surface area contributed by atoms with E-state index in [0.717, 1.165) is 18.8 Å². The number of carbonyl (C=O) groups is 1. The number of likely N-dealkylation sites (tertiary alicyclic amines) is 1. The van der Waals surface area contributed by atoms with Gasteiger partial charge in [0, 0.05) is 20.1 Å². The van der Waals surface area contributed by atoms with Crippen LogP contribution in [-0.2, 0) is 7.05 Å². The summed E-state index contributed by atoms with van der Waals surface area (Å²) in [6.45, 7) is 9.70. The van der Waals surface area contributed by atoms with Crippen LogP contribution in [0.25, 0.3) is 0 Å². The summed E-state index contributed by atoms with van der Waals surface area (Å²) in [7, 11) is 1.59. The Bertz CT molecular complexity index is 646. The third-order valence-corrected chi connectivity index (χ3v) is 5.35. The summed E-state index contributed by atoms with van der Waals surface area (Å²) < 4.78 is 1.26. The minimum Gasteiger partial charge on any atom is -0.338 e. The van der Waals surface area contributed by atoms with Crippen molar-refractivity contribution in [1.82, 2.24) is 14.7 Å². The van der Waals surface area contributed by atoms with Crippen molar-refractivity contribution in [3.63, 3.8) is 0 Å². The van der Waals surface area contributed by atoms with Crippen LogP contribution >= 0.6 is 0 Å². The number of piperidine rings is 1. The molecule has 0 spiro atoms. The molecule has 1 aliphatic heterocycles. The number of hydrogen-bond donors (Lipinski definition) is 0. The molecule has 5 nitrogen and oxygen atoms in total. The van der Waals surface area contributed by atoms with Crippen LogP contribution in [0.2, 0.25) is 0 Å². The molecule has 108 valence electrons. The summed E-state index contributed by atoms with van der Waals surface area (Å²) in [4.78, 5) is 26.7. The molecule has 0 aromatic carbocycles. The van der Waals surface area contributed by atoms with E-state index >= 15 is 0 Å². The second-order valence-corrected chi connectivity index (χ2v) is 6.76. The topological polar surface area (TPSA) is 55.2 Å². The van der Waals surface area contributed by atoms with E-state index in [1.807, 2.05) is 11.8 Å². The first kappa shape index (κ1) is 13.3. The van der Waals surface area contributed by atoms with E-state index in [1.165, 1.54) is 4.68 Å². The molecule has 1 aromatic rings. The molecule has 0 radical (unpaired) electrons. The van der Waals surface area contributed by atoms with Gasteiger partial charge in [0.1, 0.15) is 5.56 Å². The largest absolute Gasteiger partial charge is 0.338 e. The lowest BCUT2D eigenvalue weighted by atomic mass is 10.0. The minimum absolute atomic E-state index is 0.128. The molecular weight excluding hydrogens is 254 g/mol. The molecule has 1 saturated carbocycles. The van der Waals surface area contributed by atoms with Crippen LogP contribution in [0, 0.1) is 31.1 Å². The van der Waals surface area contributed by atoms with Crippen LogP contribution in [0.3, 0.4) is 0 Å². The number of amides is 1. The Labute approximate surface area is 118 Å². The number of aryl methyl sites for hydroxylation is 2. The molecule has 2 fully saturated rings. The van der Waals surface area contributed by atoms with Gasteiger partial charge in [0.15, 0.2) is 0 Å². The lowest BCUT2D eigenvalue weighted by Gasteiger charge is -2.23. The number of carbonyl (C=O) groups excluding carboxylic acids is 1. The number of nitrogens with zero attached hydrogens (tertiary/aromatic N) is 3. The monoisotopic (exact) mass is 275 g/mol. The highest BCUT2D eigenvalue weighted by molar-refractivity contribution is 5.95. The number of aromatic nitrogens is 2. The van der Waals surface area contributed by atoms with Crippen molar-refractivity contribution >= 4 is 5.91 Å². The fourth-order valence-corrected chi connectivity index (χ4v) is 3.56. The predicted octanol–water partition coefficient (Wildman–Crippen LogP) is 1.13. The molecule has 2 aliphatic rings. The molecule has 1 saturated heterocycles. The molecule has 1 aliphatic carbocycles. The van der Waals surface area contributed by atoms with E-state index in [4.69, 9.17) is 0 Å². The summed E-state index contributed by atoms with van der Waals surface area (Å²) in [5.74, 6) is 1.06. The highest BCUT2D eigenvalue weighted by atomic mass is 16.2. The van der Waals surface area contributed by atoms with Crippen LogP contribution in [0.5, 0.6) is 0 Å². The van der Waals surface area contributed by atoms with E-state index in [1.54, 1.807) is 14.0 Å². The van der Waals surface area contributed by atoms with Crippen LogP contribution in [0.1, 0.15) is 35.5 Å². The van der Waals surface area contributed by atoms with Crippen LogP contribution in [-0.4, -0.2) is 33.7 Å². The second kappa shape index (κ2) is 3.93. The third kappa shape index (κ3) is 1.65. The Balaban J connectivity index is 1.92. The van der Waals surface area contributed by atoms with Gasteiger partial charge in [-0.3, -0.25) is 9.59 Å². The number of rotatable bonds is 1. The smallest absolute Gasteiger partial charge is 0.279 e. The summed E-state index contributed by atoms with van der Waals surface area (Å²) in [5, 5.41) is 4.12. The Morgan fingerprint density at radius 2 is 1.80 bits per heavy atom. The van der Waals surface area contributed by atoms with Crippen molar-refractivity contribution in [2.45, 2.75) is 27.7 Å². The van der Waals surface area contributed by atoms with Crippen molar-refractivity contribution in [3.8, 4) is 0 Å². The van der Waals surface area contributed by atoms with E-state index in [2.05, 4.69) is 18.9 Å². The molecule has 0 unspecified atom stereocenters. The molecule has 0 bridgehead atoms. The van der Waals surface area contributed by atoms with Gasteiger partial charge in [0.2, 0.25) is 0 Å². The molecule has 5 heteroatoms. The Hall–Kier alpha value is -1.65. The van der Waals surface area contributed by atoms with Crippen molar-refractivity contribution in [1.29, 1.82) is 0 Å². The van der Waals surface area contributed by atoms with Gasteiger partial charge in [-0.25, -0.2) is 4.68 Å². The number of fused-ring (bicyclic) bond motifs is 1. The molecular formula is C15H21N3O2. The van der Waals surface area contributed by atoms with Crippen molar-refractivity contribution in [2.24, 2.45) is 24.3 Å². The first-order valence-corrected chi connectivity index (χ1v) is 7.09. The maximum absolute atomic E-state index is 12.7. The van der Waals surface area contributed by atoms with Gasteiger partial charge < -0.3 is 4.90 Å². The SMILES string of the molecule is Cc1nn(C)c(=O)c(C(=O)N2C[C@@H]3[C@@H](C2)C3(C)C)c1C. The fourth-order valence-electron chi connectivity index (χ4n) is 3.56. The summed E-state index contributed by atoms with van der Waals surface area (Å²) in [6.07, 6.45) is 0. The maximum atomic E-state index is 12.7. The minimum atomic E-state index is -0.294. The second-order valence-electron chi connectivity index (χ2n) is 6.76. The van der Waals surface area contributed by atoms with Crippen LogP contribution in [0.4, 0.5) is 0 Å². The van der Waals surface area contributed by atoms with Gasteiger partial charge in [-0.15, -0.1) is 0 Å². The van der Waals surface area contributed by atoms with Gasteiger partial charge in [-0.2, -0.15) is 5.10 Å². The summed E-state index contributed by atoms with van der Waals surface area (Å²) in [5.41, 5.74) is 1.81. The Kier molecular flexibility index (Phi) is 2.62. The fraction of sp³-hybridized carbons (Fsp3) is 0.667. The van der Waals surface area contributed by atoms with Crippen molar-refractivity contribution in [3.05, 3.63) is 27.2 Å². The normalized spacial score (nSPS) is 26.6. The molecule has 20 heavy (non-hydrogen) atoms. The quantitative estimate of drug-likeness (QED) is 0.772. The maximum Gasteiger partial charge on any atom is 0.279 e. The Morgan fingerprint density at radius 1 is 1.25 bits per heavy atom. The average Bonchev–Trinajstić information content (AvgIpc) is 2.79. The predicted molar refractivity (Wildman–Crippen MR) is 75.6 cm³/mol. The zero-order valence-corrected chi connectivity index (χ0v) is 12.7. The third-order valence-electron chi connectivity index (χ3n) is 5.35. The highest BCUT2D eigenvalue weighted by Gasteiger charge is 2.62. The van der Waals surface area contributed by atoms with E-state index < -0.39 is 0 Å². The molecule has 1 amide bonds. The molecule has 3 rings (SSSR count). The Morgan fingerprint density at radius 3 is 2.35 bits per heavy atom. The van der Waals surface area contributed by atoms with Crippen molar-refractivity contribution < 1.29 is 4.79 Å². The van der Waals surface area contributed by atoms with E-state index in [0.29, 0.717) is 28.4 Å². The van der Waals surface area contributed by atoms with Gasteiger partial charge in [0.25, 0.3) is 11.5 Å². The average molecular weight is 275 g/mol. The zero-order valence-electron chi connectivity index (χ0n) is 12.7. The standard InChI is InChI=1S/C15H21N3O2/c1-8-9(2)16-17(5)13(19)12(8)14(20)18-6-10-11(7-18)15(10,3)4/h10-11H,6-7H2,1-5H3/t10-,11-/m1/s1. The van der Waals surface area contributed by atoms with Crippen LogP contribution in [0.15, 0.2) is 4.79 Å². The lowest BCUT2D eigenvalue weighted by molar-refractivity contribution is 0.0754. The summed E-state index contributed by atoms with van der Waals surface area (Å²) in [6, 6.07) is 0. The summed E-state index contributed by atoms with van der Waals surface area (Å²) >= 11 is 0. The van der Waals surface area contributed by atoms with Crippen molar-refractivity contribution in [2.75, 3.05) is 13.1 Å². The molecule has 2 atom stereocenters. The van der Waals surface area contributed by atoms with Gasteiger partial charge >= 0.3 is 0 Å². The van der Waals surface area contributed by atoms with Gasteiger partial charge in [-0.05, 0) is 36.7 Å². The first-order valence-electron chi connectivity index (χ1n) is 7.09.